The van der Waals surface area contributed by atoms with Crippen LogP contribution < -0.4 is 16.4 Å². The van der Waals surface area contributed by atoms with Crippen LogP contribution in [0.2, 0.25) is 0 Å². The third-order valence-corrected chi connectivity index (χ3v) is 4.08. The highest BCUT2D eigenvalue weighted by Crippen LogP contribution is 2.11. The molecule has 1 saturated heterocycles. The Morgan fingerprint density at radius 1 is 1.17 bits per heavy atom. The van der Waals surface area contributed by atoms with Crippen LogP contribution >= 0.6 is 0 Å². The number of amides is 3. The van der Waals surface area contributed by atoms with Gasteiger partial charge < -0.3 is 21.3 Å². The van der Waals surface area contributed by atoms with E-state index in [1.807, 2.05) is 27.7 Å². The Morgan fingerprint density at radius 3 is 2.39 bits per heavy atom. The van der Waals surface area contributed by atoms with Crippen molar-refractivity contribution in [3.63, 3.8) is 0 Å². The van der Waals surface area contributed by atoms with E-state index in [9.17, 15) is 14.4 Å². The van der Waals surface area contributed by atoms with Gasteiger partial charge in [0.2, 0.25) is 17.7 Å². The lowest BCUT2D eigenvalue weighted by atomic mass is 10.0. The fourth-order valence-electron chi connectivity index (χ4n) is 2.38. The van der Waals surface area contributed by atoms with Crippen LogP contribution in [0.4, 0.5) is 0 Å². The number of nitrogens with two attached hydrogens (primary N) is 1. The highest BCUT2D eigenvalue weighted by atomic mass is 16.2. The number of nitrogens with zero attached hydrogens (tertiary/aromatic N) is 1. The first-order valence-corrected chi connectivity index (χ1v) is 8.33. The maximum atomic E-state index is 12.2. The predicted molar refractivity (Wildman–Crippen MR) is 88.4 cm³/mol. The molecule has 0 aromatic carbocycles. The maximum absolute atomic E-state index is 12.2. The van der Waals surface area contributed by atoms with Crippen molar-refractivity contribution in [2.45, 2.75) is 52.6 Å². The van der Waals surface area contributed by atoms with Crippen LogP contribution in [0.5, 0.6) is 0 Å². The number of rotatable bonds is 6. The smallest absolute Gasteiger partial charge is 0.242 e. The molecule has 0 aliphatic carbocycles. The van der Waals surface area contributed by atoms with E-state index in [1.54, 1.807) is 4.90 Å². The van der Waals surface area contributed by atoms with Gasteiger partial charge in [0.15, 0.2) is 0 Å². The molecule has 0 bridgehead atoms. The third-order valence-electron chi connectivity index (χ3n) is 4.08. The third kappa shape index (κ3) is 6.17. The minimum absolute atomic E-state index is 0.000471. The van der Waals surface area contributed by atoms with Crippen LogP contribution in [-0.2, 0) is 14.4 Å². The molecule has 132 valence electrons. The molecule has 1 fully saturated rings. The summed E-state index contributed by atoms with van der Waals surface area (Å²) in [4.78, 5) is 37.5. The zero-order valence-electron chi connectivity index (χ0n) is 14.6. The summed E-state index contributed by atoms with van der Waals surface area (Å²) in [5.41, 5.74) is 5.75. The van der Waals surface area contributed by atoms with Crippen molar-refractivity contribution >= 4 is 17.7 Å². The number of carbonyl (C=O) groups excluding carboxylic acids is 3. The molecule has 1 aliphatic heterocycles. The summed E-state index contributed by atoms with van der Waals surface area (Å²) in [6.07, 6.45) is 1.71. The molecule has 0 spiro atoms. The number of likely N-dealkylation sites (tertiary alicyclic amines) is 1. The van der Waals surface area contributed by atoms with Gasteiger partial charge in [-0.15, -0.1) is 0 Å². The molecule has 0 aromatic rings. The summed E-state index contributed by atoms with van der Waals surface area (Å²) in [6, 6.07) is -0.626. The Hall–Kier alpha value is -1.63. The molecule has 4 N–H and O–H groups in total. The van der Waals surface area contributed by atoms with Gasteiger partial charge in [0.25, 0.3) is 0 Å². The van der Waals surface area contributed by atoms with E-state index in [2.05, 4.69) is 10.6 Å². The Labute approximate surface area is 138 Å². The van der Waals surface area contributed by atoms with Crippen molar-refractivity contribution in [2.75, 3.05) is 19.6 Å². The molecule has 23 heavy (non-hydrogen) atoms. The Bertz CT molecular complexity index is 437. The van der Waals surface area contributed by atoms with Crippen molar-refractivity contribution in [3.05, 3.63) is 0 Å². The summed E-state index contributed by atoms with van der Waals surface area (Å²) in [5, 5.41) is 5.55. The van der Waals surface area contributed by atoms with Gasteiger partial charge in [0, 0.05) is 25.0 Å². The molecule has 0 saturated carbocycles. The Balaban J connectivity index is 2.44. The second kappa shape index (κ2) is 8.86. The van der Waals surface area contributed by atoms with Gasteiger partial charge in [0.05, 0.1) is 12.6 Å². The zero-order valence-corrected chi connectivity index (χ0v) is 14.6. The van der Waals surface area contributed by atoms with Crippen LogP contribution in [0.15, 0.2) is 0 Å². The monoisotopic (exact) mass is 326 g/mol. The fraction of sp³-hybridized carbons (Fsp3) is 0.812. The molecule has 2 atom stereocenters. The average Bonchev–Trinajstić information content (AvgIpc) is 2.51. The van der Waals surface area contributed by atoms with E-state index in [-0.39, 0.29) is 42.1 Å². The Kier molecular flexibility index (Phi) is 7.48. The van der Waals surface area contributed by atoms with E-state index in [4.69, 9.17) is 5.73 Å². The van der Waals surface area contributed by atoms with Gasteiger partial charge in [-0.05, 0) is 18.8 Å². The van der Waals surface area contributed by atoms with E-state index >= 15 is 0 Å². The molecule has 0 radical (unpaired) electrons. The molecule has 7 nitrogen and oxygen atoms in total. The van der Waals surface area contributed by atoms with Gasteiger partial charge in [0.1, 0.15) is 0 Å². The van der Waals surface area contributed by atoms with Gasteiger partial charge in [-0.3, -0.25) is 14.4 Å². The molecule has 7 heteroatoms. The van der Waals surface area contributed by atoms with Gasteiger partial charge in [-0.25, -0.2) is 0 Å². The van der Waals surface area contributed by atoms with Crippen molar-refractivity contribution in [3.8, 4) is 0 Å². The van der Waals surface area contributed by atoms with Crippen LogP contribution in [-0.4, -0.2) is 54.3 Å². The maximum Gasteiger partial charge on any atom is 0.242 e. The lowest BCUT2D eigenvalue weighted by molar-refractivity contribution is -0.135. The van der Waals surface area contributed by atoms with Gasteiger partial charge >= 0.3 is 0 Å². The van der Waals surface area contributed by atoms with E-state index in [0.29, 0.717) is 13.1 Å². The highest BCUT2D eigenvalue weighted by molar-refractivity contribution is 5.87. The fourth-order valence-corrected chi connectivity index (χ4v) is 2.38. The largest absolute Gasteiger partial charge is 0.351 e. The molecule has 1 aliphatic rings. The zero-order chi connectivity index (χ0) is 17.6. The summed E-state index contributed by atoms with van der Waals surface area (Å²) in [5.74, 6) is -0.498. The number of hydrogen-bond acceptors (Lipinski definition) is 4. The number of piperidine rings is 1. The lowest BCUT2D eigenvalue weighted by Gasteiger charge is -2.33. The second-order valence-corrected chi connectivity index (χ2v) is 6.83. The van der Waals surface area contributed by atoms with Gasteiger partial charge in [-0.1, -0.05) is 27.7 Å². The number of carbonyl (C=O) groups is 3. The molecule has 1 unspecified atom stereocenters. The summed E-state index contributed by atoms with van der Waals surface area (Å²) in [7, 11) is 0. The minimum Gasteiger partial charge on any atom is -0.351 e. The normalized spacial score (nSPS) is 19.6. The number of hydrogen-bond donors (Lipinski definition) is 3. The standard InChI is InChI=1S/C16H30N4O3/c1-10(2)14(17)16(23)18-8-13(21)20-7-5-6-12(9-20)19-15(22)11(3)4/h10-12,14H,5-9,17H2,1-4H3,(H,18,23)(H,19,22)/t12?,14-/m0/s1. The van der Waals surface area contributed by atoms with Crippen LogP contribution in [0.25, 0.3) is 0 Å². The second-order valence-electron chi connectivity index (χ2n) is 6.83. The van der Waals surface area contributed by atoms with Crippen LogP contribution in [0.1, 0.15) is 40.5 Å². The summed E-state index contributed by atoms with van der Waals surface area (Å²) >= 11 is 0. The first kappa shape index (κ1) is 19.4. The molecular weight excluding hydrogens is 296 g/mol. The minimum atomic E-state index is -0.609. The predicted octanol–water partition coefficient (Wildman–Crippen LogP) is -0.151. The first-order valence-electron chi connectivity index (χ1n) is 8.33. The van der Waals surface area contributed by atoms with Crippen molar-refractivity contribution in [1.29, 1.82) is 0 Å². The summed E-state index contributed by atoms with van der Waals surface area (Å²) < 4.78 is 0. The van der Waals surface area contributed by atoms with E-state index in [0.717, 1.165) is 12.8 Å². The topological polar surface area (TPSA) is 105 Å². The number of nitrogens with one attached hydrogen (secondary N) is 2. The lowest BCUT2D eigenvalue weighted by Crippen LogP contribution is -2.53. The molecule has 3 amide bonds. The van der Waals surface area contributed by atoms with E-state index < -0.39 is 6.04 Å². The Morgan fingerprint density at radius 2 is 1.83 bits per heavy atom. The summed E-state index contributed by atoms with van der Waals surface area (Å²) in [6.45, 7) is 8.49. The van der Waals surface area contributed by atoms with E-state index in [1.165, 1.54) is 0 Å². The highest BCUT2D eigenvalue weighted by Gasteiger charge is 2.26. The molecule has 1 rings (SSSR count). The quantitative estimate of drug-likeness (QED) is 0.631. The van der Waals surface area contributed by atoms with Crippen molar-refractivity contribution in [1.82, 2.24) is 15.5 Å². The van der Waals surface area contributed by atoms with Crippen LogP contribution in [0.3, 0.4) is 0 Å². The van der Waals surface area contributed by atoms with Gasteiger partial charge in [-0.2, -0.15) is 0 Å². The SMILES string of the molecule is CC(C)C(=O)NC1CCCN(C(=O)CNC(=O)[C@@H](N)C(C)C)C1. The molecule has 0 aromatic heterocycles. The van der Waals surface area contributed by atoms with Crippen LogP contribution in [0, 0.1) is 11.8 Å². The molecule has 1 heterocycles. The first-order chi connectivity index (χ1) is 10.7. The van der Waals surface area contributed by atoms with Crippen molar-refractivity contribution in [2.24, 2.45) is 17.6 Å². The van der Waals surface area contributed by atoms with Crippen molar-refractivity contribution < 1.29 is 14.4 Å². The average molecular weight is 326 g/mol. The molecular formula is C16H30N4O3.